The number of hydrogen-bond acceptors (Lipinski definition) is 5. The van der Waals surface area contributed by atoms with Gasteiger partial charge in [0.25, 0.3) is 5.56 Å². The molecule has 0 aliphatic heterocycles. The maximum Gasteiger partial charge on any atom is 0.336 e. The van der Waals surface area contributed by atoms with Crippen LogP contribution < -0.4 is 5.56 Å². The van der Waals surface area contributed by atoms with E-state index >= 15 is 0 Å². The Morgan fingerprint density at radius 3 is 2.78 bits per heavy atom. The molecule has 0 aliphatic rings. The van der Waals surface area contributed by atoms with Crippen molar-refractivity contribution in [2.75, 3.05) is 0 Å². The first-order chi connectivity index (χ1) is 15.4. The summed E-state index contributed by atoms with van der Waals surface area (Å²) in [4.78, 5) is 29.4. The highest BCUT2D eigenvalue weighted by Crippen LogP contribution is 2.26. The lowest BCUT2D eigenvalue weighted by Gasteiger charge is -2.13. The molecule has 0 aliphatic carbocycles. The number of nitrogens with zero attached hydrogens (tertiary/aromatic N) is 3. The van der Waals surface area contributed by atoms with E-state index < -0.39 is 5.97 Å². The Balaban J connectivity index is 1.77. The highest BCUT2D eigenvalue weighted by atomic mass is 79.9. The van der Waals surface area contributed by atoms with Crippen molar-refractivity contribution < 1.29 is 14.3 Å². The predicted molar refractivity (Wildman–Crippen MR) is 127 cm³/mol. The van der Waals surface area contributed by atoms with Crippen LogP contribution in [0.25, 0.3) is 22.2 Å². The largest absolute Gasteiger partial charge is 0.478 e. The second kappa shape index (κ2) is 8.92. The molecule has 0 spiro atoms. The Morgan fingerprint density at radius 1 is 1.25 bits per heavy atom. The number of benzene rings is 2. The van der Waals surface area contributed by atoms with Gasteiger partial charge < -0.3 is 9.52 Å². The molecule has 2 aromatic carbocycles. The average molecular weight is 494 g/mol. The van der Waals surface area contributed by atoms with Crippen molar-refractivity contribution in [1.82, 2.24) is 9.66 Å². The maximum atomic E-state index is 13.2. The summed E-state index contributed by atoms with van der Waals surface area (Å²) >= 11 is 3.40. The van der Waals surface area contributed by atoms with Crippen LogP contribution >= 0.6 is 15.9 Å². The van der Waals surface area contributed by atoms with Gasteiger partial charge in [-0.2, -0.15) is 9.78 Å². The van der Waals surface area contributed by atoms with Gasteiger partial charge in [0.1, 0.15) is 17.3 Å². The molecule has 4 rings (SSSR count). The normalized spacial score (nSPS) is 12.5. The minimum absolute atomic E-state index is 0.0162. The van der Waals surface area contributed by atoms with E-state index in [1.807, 2.05) is 19.9 Å². The fraction of sp³-hybridized carbons (Fsp3) is 0.167. The molecule has 162 valence electrons. The molecule has 0 amide bonds. The standard InChI is InChI=1S/C24H20BrN3O4/c1-3-14(2)22-27-20-10-8-15(25)12-19(20)23(29)28(22)26-13-16-9-11-21(32-16)17-6-4-5-7-18(17)24(30)31/h4-14H,3H2,1-2H3,(H,30,31)/t14-/m1/s1. The van der Waals surface area contributed by atoms with Crippen LogP contribution in [-0.2, 0) is 0 Å². The van der Waals surface area contributed by atoms with Gasteiger partial charge in [-0.3, -0.25) is 4.79 Å². The van der Waals surface area contributed by atoms with Crippen molar-refractivity contribution in [3.05, 3.63) is 86.6 Å². The minimum Gasteiger partial charge on any atom is -0.478 e. The summed E-state index contributed by atoms with van der Waals surface area (Å²) in [6, 6.07) is 15.3. The molecule has 0 radical (unpaired) electrons. The Hall–Kier alpha value is -3.52. The lowest BCUT2D eigenvalue weighted by Crippen LogP contribution is -2.23. The van der Waals surface area contributed by atoms with E-state index in [1.54, 1.807) is 42.5 Å². The molecule has 0 saturated carbocycles. The van der Waals surface area contributed by atoms with Crippen molar-refractivity contribution in [2.24, 2.45) is 5.10 Å². The average Bonchev–Trinajstić information content (AvgIpc) is 3.27. The zero-order chi connectivity index (χ0) is 22.8. The van der Waals surface area contributed by atoms with Crippen LogP contribution in [-0.4, -0.2) is 27.0 Å². The van der Waals surface area contributed by atoms with Gasteiger partial charge in [-0.15, -0.1) is 0 Å². The zero-order valence-corrected chi connectivity index (χ0v) is 19.0. The number of rotatable bonds is 6. The van der Waals surface area contributed by atoms with Gasteiger partial charge in [0.15, 0.2) is 0 Å². The first-order valence-corrected chi connectivity index (χ1v) is 10.9. The summed E-state index contributed by atoms with van der Waals surface area (Å²) in [6.07, 6.45) is 2.23. The van der Waals surface area contributed by atoms with E-state index in [4.69, 9.17) is 4.42 Å². The fourth-order valence-electron chi connectivity index (χ4n) is 3.35. The number of halogens is 1. The van der Waals surface area contributed by atoms with Crippen LogP contribution in [0.15, 0.2) is 73.4 Å². The molecule has 7 nitrogen and oxygen atoms in total. The molecule has 2 aromatic heterocycles. The molecule has 0 unspecified atom stereocenters. The second-order valence-electron chi connectivity index (χ2n) is 7.36. The summed E-state index contributed by atoms with van der Waals surface area (Å²) < 4.78 is 7.88. The SMILES string of the molecule is CC[C@@H](C)c1nc2ccc(Br)cc2c(=O)n1N=Cc1ccc(-c2ccccc2C(=O)O)o1. The topological polar surface area (TPSA) is 97.7 Å². The summed E-state index contributed by atoms with van der Waals surface area (Å²) in [5.41, 5.74) is 0.954. The Kier molecular flexibility index (Phi) is 6.05. The van der Waals surface area contributed by atoms with Gasteiger partial charge in [-0.1, -0.05) is 48.0 Å². The number of aromatic nitrogens is 2. The highest BCUT2D eigenvalue weighted by molar-refractivity contribution is 9.10. The smallest absolute Gasteiger partial charge is 0.336 e. The number of fused-ring (bicyclic) bond motifs is 1. The van der Waals surface area contributed by atoms with E-state index in [9.17, 15) is 14.7 Å². The summed E-state index contributed by atoms with van der Waals surface area (Å²) in [5, 5.41) is 14.3. The first kappa shape index (κ1) is 21.7. The second-order valence-corrected chi connectivity index (χ2v) is 8.27. The third-order valence-electron chi connectivity index (χ3n) is 5.24. The highest BCUT2D eigenvalue weighted by Gasteiger charge is 2.16. The van der Waals surface area contributed by atoms with Gasteiger partial charge >= 0.3 is 5.97 Å². The third-order valence-corrected chi connectivity index (χ3v) is 5.73. The van der Waals surface area contributed by atoms with Gasteiger partial charge in [0.05, 0.1) is 22.7 Å². The first-order valence-electron chi connectivity index (χ1n) is 10.1. The van der Waals surface area contributed by atoms with E-state index in [2.05, 4.69) is 26.0 Å². The van der Waals surface area contributed by atoms with Gasteiger partial charge in [-0.05, 0) is 42.8 Å². The van der Waals surface area contributed by atoms with Crippen molar-refractivity contribution >= 4 is 39.0 Å². The summed E-state index contributed by atoms with van der Waals surface area (Å²) in [7, 11) is 0. The maximum absolute atomic E-state index is 13.2. The lowest BCUT2D eigenvalue weighted by molar-refractivity contribution is 0.0697. The molecule has 0 saturated heterocycles. The summed E-state index contributed by atoms with van der Waals surface area (Å²) in [5.74, 6) is 0.329. The van der Waals surface area contributed by atoms with Crippen LogP contribution in [0.2, 0.25) is 0 Å². The van der Waals surface area contributed by atoms with Gasteiger partial charge in [0.2, 0.25) is 0 Å². The minimum atomic E-state index is -1.04. The number of furan rings is 1. The molecule has 1 atom stereocenters. The number of hydrogen-bond donors (Lipinski definition) is 1. The molecular formula is C24H20BrN3O4. The van der Waals surface area contributed by atoms with Crippen molar-refractivity contribution in [3.8, 4) is 11.3 Å². The van der Waals surface area contributed by atoms with Crippen molar-refractivity contribution in [1.29, 1.82) is 0 Å². The van der Waals surface area contributed by atoms with E-state index in [0.717, 1.165) is 10.9 Å². The predicted octanol–water partition coefficient (Wildman–Crippen LogP) is 5.51. The van der Waals surface area contributed by atoms with E-state index in [-0.39, 0.29) is 17.0 Å². The monoisotopic (exact) mass is 493 g/mol. The van der Waals surface area contributed by atoms with Crippen molar-refractivity contribution in [2.45, 2.75) is 26.2 Å². The molecule has 32 heavy (non-hydrogen) atoms. The number of aromatic carboxylic acids is 1. The quantitative estimate of drug-likeness (QED) is 0.357. The number of carbonyl (C=O) groups is 1. The Morgan fingerprint density at radius 2 is 2.03 bits per heavy atom. The Labute approximate surface area is 192 Å². The molecule has 2 heterocycles. The van der Waals surface area contributed by atoms with Crippen LogP contribution in [0.4, 0.5) is 0 Å². The molecule has 0 fully saturated rings. The lowest BCUT2D eigenvalue weighted by atomic mass is 10.1. The van der Waals surface area contributed by atoms with Crippen LogP contribution in [0.5, 0.6) is 0 Å². The third kappa shape index (κ3) is 4.13. The van der Waals surface area contributed by atoms with Crippen LogP contribution in [0.1, 0.15) is 48.1 Å². The molecule has 8 heteroatoms. The van der Waals surface area contributed by atoms with Gasteiger partial charge in [0, 0.05) is 16.0 Å². The zero-order valence-electron chi connectivity index (χ0n) is 17.4. The summed E-state index contributed by atoms with van der Waals surface area (Å²) in [6.45, 7) is 4.02. The molecular weight excluding hydrogens is 474 g/mol. The number of carboxylic acid groups (broad SMARTS) is 1. The number of carboxylic acids is 1. The molecule has 0 bridgehead atoms. The molecule has 1 N–H and O–H groups in total. The van der Waals surface area contributed by atoms with E-state index in [1.165, 1.54) is 17.0 Å². The van der Waals surface area contributed by atoms with Crippen LogP contribution in [0, 0.1) is 0 Å². The Bertz CT molecular complexity index is 1400. The van der Waals surface area contributed by atoms with Crippen LogP contribution in [0.3, 0.4) is 0 Å². The van der Waals surface area contributed by atoms with Gasteiger partial charge in [-0.25, -0.2) is 9.78 Å². The van der Waals surface area contributed by atoms with E-state index in [0.29, 0.717) is 33.8 Å². The van der Waals surface area contributed by atoms with Crippen molar-refractivity contribution in [3.63, 3.8) is 0 Å². The fourth-order valence-corrected chi connectivity index (χ4v) is 3.71. The molecule has 4 aromatic rings.